The monoisotopic (exact) mass is 301 g/mol. The molecule has 0 amide bonds. The molecule has 0 fully saturated rings. The number of benzene rings is 1. The number of anilines is 2. The molecule has 6 nitrogen and oxygen atoms in total. The van der Waals surface area contributed by atoms with Crippen molar-refractivity contribution in [1.82, 2.24) is 15.0 Å². The number of ether oxygens (including phenoxy) is 1. The van der Waals surface area contributed by atoms with E-state index in [1.165, 1.54) is 5.56 Å². The first-order valence-corrected chi connectivity index (χ1v) is 7.49. The van der Waals surface area contributed by atoms with Crippen molar-refractivity contribution in [2.75, 3.05) is 18.2 Å². The van der Waals surface area contributed by atoms with Crippen LogP contribution in [0.25, 0.3) is 0 Å². The number of para-hydroxylation sites is 1. The summed E-state index contributed by atoms with van der Waals surface area (Å²) in [6, 6.07) is 8.36. The summed E-state index contributed by atoms with van der Waals surface area (Å²) < 4.78 is 5.39. The smallest absolute Gasteiger partial charge is 0.227 e. The number of nitrogen functional groups attached to an aromatic ring is 1. The molecule has 22 heavy (non-hydrogen) atoms. The maximum atomic E-state index is 5.66. The van der Waals surface area contributed by atoms with Crippen LogP contribution in [-0.2, 0) is 6.42 Å². The molecule has 1 aromatic heterocycles. The Labute approximate surface area is 131 Å². The van der Waals surface area contributed by atoms with E-state index in [-0.39, 0.29) is 12.0 Å². The highest BCUT2D eigenvalue weighted by molar-refractivity contribution is 5.34. The second-order valence-corrected chi connectivity index (χ2v) is 5.16. The fourth-order valence-electron chi connectivity index (χ4n) is 2.37. The molecule has 6 heteroatoms. The highest BCUT2D eigenvalue weighted by Crippen LogP contribution is 2.20. The average Bonchev–Trinajstić information content (AvgIpc) is 2.50. The second kappa shape index (κ2) is 7.59. The van der Waals surface area contributed by atoms with E-state index >= 15 is 0 Å². The van der Waals surface area contributed by atoms with Gasteiger partial charge in [0, 0.05) is 6.04 Å². The number of rotatable bonds is 7. The molecular formula is C16H23N5O. The summed E-state index contributed by atoms with van der Waals surface area (Å²) in [7, 11) is 1.70. The van der Waals surface area contributed by atoms with Crippen LogP contribution in [0.5, 0.6) is 5.75 Å². The number of methoxy groups -OCH3 is 1. The van der Waals surface area contributed by atoms with Gasteiger partial charge >= 0.3 is 0 Å². The van der Waals surface area contributed by atoms with Crippen molar-refractivity contribution < 1.29 is 4.74 Å². The zero-order chi connectivity index (χ0) is 15.9. The highest BCUT2D eigenvalue weighted by Gasteiger charge is 2.11. The normalized spacial score (nSPS) is 12.0. The van der Waals surface area contributed by atoms with Gasteiger partial charge in [0.05, 0.1) is 7.11 Å². The zero-order valence-electron chi connectivity index (χ0n) is 13.3. The number of aryl methyl sites for hydroxylation is 2. The standard InChI is InChI=1S/C16H23N5O/c1-4-13(20-16-19-11(2)18-15(17)21-16)10-9-12-7-5-6-8-14(12)22-3/h5-8,13H,4,9-10H2,1-3H3,(H3,17,18,19,20,21). The molecule has 0 aliphatic heterocycles. The Hall–Kier alpha value is -2.37. The van der Waals surface area contributed by atoms with Crippen molar-refractivity contribution >= 4 is 11.9 Å². The lowest BCUT2D eigenvalue weighted by molar-refractivity contribution is 0.408. The van der Waals surface area contributed by atoms with Gasteiger partial charge in [-0.1, -0.05) is 25.1 Å². The van der Waals surface area contributed by atoms with Crippen LogP contribution in [0, 0.1) is 6.92 Å². The number of nitrogens with two attached hydrogens (primary N) is 1. The van der Waals surface area contributed by atoms with Crippen LogP contribution in [0.4, 0.5) is 11.9 Å². The predicted molar refractivity (Wildman–Crippen MR) is 88.0 cm³/mol. The minimum absolute atomic E-state index is 0.245. The van der Waals surface area contributed by atoms with E-state index in [9.17, 15) is 0 Å². The van der Waals surface area contributed by atoms with Crippen LogP contribution in [0.15, 0.2) is 24.3 Å². The molecule has 0 aliphatic rings. The fourth-order valence-corrected chi connectivity index (χ4v) is 2.37. The fraction of sp³-hybridized carbons (Fsp3) is 0.438. The number of hydrogen-bond acceptors (Lipinski definition) is 6. The summed E-state index contributed by atoms with van der Waals surface area (Å²) >= 11 is 0. The van der Waals surface area contributed by atoms with Gasteiger partial charge in [-0.15, -0.1) is 0 Å². The van der Waals surface area contributed by atoms with E-state index in [0.29, 0.717) is 11.8 Å². The Morgan fingerprint density at radius 1 is 1.23 bits per heavy atom. The molecule has 2 aromatic rings. The molecule has 0 saturated carbocycles. The molecule has 1 heterocycles. The highest BCUT2D eigenvalue weighted by atomic mass is 16.5. The molecule has 118 valence electrons. The molecule has 2 rings (SSSR count). The Bertz CT molecular complexity index is 597. The van der Waals surface area contributed by atoms with Crippen LogP contribution in [0.2, 0.25) is 0 Å². The Kier molecular flexibility index (Phi) is 5.52. The van der Waals surface area contributed by atoms with Gasteiger partial charge in [-0.3, -0.25) is 0 Å². The maximum absolute atomic E-state index is 5.66. The molecule has 0 aliphatic carbocycles. The third-order valence-corrected chi connectivity index (χ3v) is 3.55. The van der Waals surface area contributed by atoms with Gasteiger partial charge in [0.2, 0.25) is 11.9 Å². The quantitative estimate of drug-likeness (QED) is 0.817. The lowest BCUT2D eigenvalue weighted by atomic mass is 10.0. The predicted octanol–water partition coefficient (Wildman–Crippen LogP) is 2.59. The average molecular weight is 301 g/mol. The van der Waals surface area contributed by atoms with Gasteiger partial charge in [0.1, 0.15) is 11.6 Å². The molecule has 1 unspecified atom stereocenters. The summed E-state index contributed by atoms with van der Waals surface area (Å²) in [6.07, 6.45) is 2.86. The third-order valence-electron chi connectivity index (χ3n) is 3.55. The molecule has 3 N–H and O–H groups in total. The SMILES string of the molecule is CCC(CCc1ccccc1OC)Nc1nc(C)nc(N)n1. The van der Waals surface area contributed by atoms with Crippen molar-refractivity contribution in [1.29, 1.82) is 0 Å². The summed E-state index contributed by atoms with van der Waals surface area (Å²) in [4.78, 5) is 12.4. The molecule has 1 atom stereocenters. The van der Waals surface area contributed by atoms with E-state index in [0.717, 1.165) is 25.0 Å². The number of hydrogen-bond donors (Lipinski definition) is 2. The zero-order valence-corrected chi connectivity index (χ0v) is 13.3. The Morgan fingerprint density at radius 3 is 2.68 bits per heavy atom. The molecule has 0 spiro atoms. The van der Waals surface area contributed by atoms with Gasteiger partial charge in [-0.25, -0.2) is 0 Å². The van der Waals surface area contributed by atoms with Gasteiger partial charge in [-0.05, 0) is 37.8 Å². The van der Waals surface area contributed by atoms with Gasteiger partial charge in [0.25, 0.3) is 0 Å². The van der Waals surface area contributed by atoms with E-state index in [4.69, 9.17) is 10.5 Å². The van der Waals surface area contributed by atoms with E-state index < -0.39 is 0 Å². The lowest BCUT2D eigenvalue weighted by Gasteiger charge is -2.18. The first kappa shape index (κ1) is 16.0. The first-order valence-electron chi connectivity index (χ1n) is 7.49. The van der Waals surface area contributed by atoms with Gasteiger partial charge in [-0.2, -0.15) is 15.0 Å². The molecular weight excluding hydrogens is 278 g/mol. The van der Waals surface area contributed by atoms with Gasteiger partial charge in [0.15, 0.2) is 0 Å². The lowest BCUT2D eigenvalue weighted by Crippen LogP contribution is -2.21. The summed E-state index contributed by atoms with van der Waals surface area (Å²) in [6.45, 7) is 3.94. The van der Waals surface area contributed by atoms with Crippen molar-refractivity contribution in [3.8, 4) is 5.75 Å². The summed E-state index contributed by atoms with van der Waals surface area (Å²) in [5.41, 5.74) is 6.87. The number of aromatic nitrogens is 3. The van der Waals surface area contributed by atoms with Gasteiger partial charge < -0.3 is 15.8 Å². The molecule has 0 bridgehead atoms. The molecule has 0 saturated heterocycles. The van der Waals surface area contributed by atoms with E-state index in [2.05, 4.69) is 33.3 Å². The maximum Gasteiger partial charge on any atom is 0.227 e. The Balaban J connectivity index is 2.00. The van der Waals surface area contributed by atoms with Crippen LogP contribution < -0.4 is 15.8 Å². The molecule has 0 radical (unpaired) electrons. The van der Waals surface area contributed by atoms with E-state index in [1.807, 2.05) is 18.2 Å². The third kappa shape index (κ3) is 4.31. The minimum Gasteiger partial charge on any atom is -0.496 e. The van der Waals surface area contributed by atoms with Crippen LogP contribution in [0.3, 0.4) is 0 Å². The van der Waals surface area contributed by atoms with Crippen molar-refractivity contribution in [3.63, 3.8) is 0 Å². The minimum atomic E-state index is 0.245. The van der Waals surface area contributed by atoms with E-state index in [1.54, 1.807) is 14.0 Å². The summed E-state index contributed by atoms with van der Waals surface area (Å²) in [5, 5.41) is 3.34. The Morgan fingerprint density at radius 2 is 2.00 bits per heavy atom. The summed E-state index contributed by atoms with van der Waals surface area (Å²) in [5.74, 6) is 2.33. The largest absolute Gasteiger partial charge is 0.496 e. The van der Waals surface area contributed by atoms with Crippen molar-refractivity contribution in [2.24, 2.45) is 0 Å². The van der Waals surface area contributed by atoms with Crippen LogP contribution in [-0.4, -0.2) is 28.1 Å². The van der Waals surface area contributed by atoms with Crippen molar-refractivity contribution in [2.45, 2.75) is 39.2 Å². The van der Waals surface area contributed by atoms with Crippen molar-refractivity contribution in [3.05, 3.63) is 35.7 Å². The molecule has 1 aromatic carbocycles. The first-order chi connectivity index (χ1) is 10.6. The number of nitrogens with one attached hydrogen (secondary N) is 1. The topological polar surface area (TPSA) is 86.0 Å². The second-order valence-electron chi connectivity index (χ2n) is 5.16. The van der Waals surface area contributed by atoms with Crippen LogP contribution in [0.1, 0.15) is 31.2 Å². The number of nitrogens with zero attached hydrogens (tertiary/aromatic N) is 3. The van der Waals surface area contributed by atoms with Crippen LogP contribution >= 0.6 is 0 Å².